The molecule has 1 saturated heterocycles. The van der Waals surface area contributed by atoms with Crippen molar-refractivity contribution >= 4 is 12.3 Å². The van der Waals surface area contributed by atoms with Gasteiger partial charge in [0.05, 0.1) is 19.0 Å². The Morgan fingerprint density at radius 3 is 3.43 bits per heavy atom. The SMILES string of the molecule is CCOC(=O)C1=CC2CCCN2C=N1. The molecule has 76 valence electrons. The number of carbonyl (C=O) groups is 1. The number of fused-ring (bicyclic) bond motifs is 1. The minimum atomic E-state index is -0.310. The maximum Gasteiger partial charge on any atom is 0.356 e. The number of ether oxygens (including phenoxy) is 1. The zero-order valence-electron chi connectivity index (χ0n) is 8.27. The lowest BCUT2D eigenvalue weighted by Gasteiger charge is -2.22. The maximum atomic E-state index is 11.4. The van der Waals surface area contributed by atoms with E-state index in [2.05, 4.69) is 9.89 Å². The Labute approximate surface area is 83.3 Å². The van der Waals surface area contributed by atoms with Gasteiger partial charge in [0.25, 0.3) is 0 Å². The second-order valence-electron chi connectivity index (χ2n) is 3.46. The Hall–Kier alpha value is -1.32. The molecule has 2 heterocycles. The van der Waals surface area contributed by atoms with E-state index in [-0.39, 0.29) is 5.97 Å². The van der Waals surface area contributed by atoms with Crippen LogP contribution < -0.4 is 0 Å². The quantitative estimate of drug-likeness (QED) is 0.614. The molecule has 0 spiro atoms. The molecule has 2 aliphatic heterocycles. The standard InChI is InChI=1S/C10H14N2O2/c1-2-14-10(13)9-6-8-4-3-5-12(8)7-11-9/h6-8H,2-5H2,1H3. The highest BCUT2D eigenvalue weighted by molar-refractivity contribution is 5.90. The van der Waals surface area contributed by atoms with Crippen LogP contribution in [0.4, 0.5) is 0 Å². The largest absolute Gasteiger partial charge is 0.461 e. The van der Waals surface area contributed by atoms with Gasteiger partial charge in [0, 0.05) is 6.54 Å². The highest BCUT2D eigenvalue weighted by Crippen LogP contribution is 2.21. The summed E-state index contributed by atoms with van der Waals surface area (Å²) in [5.41, 5.74) is 0.454. The molecule has 1 fully saturated rings. The molecule has 4 nitrogen and oxygen atoms in total. The number of aliphatic imine (C=N–C) groups is 1. The summed E-state index contributed by atoms with van der Waals surface area (Å²) >= 11 is 0. The Morgan fingerprint density at radius 1 is 1.79 bits per heavy atom. The minimum Gasteiger partial charge on any atom is -0.461 e. The summed E-state index contributed by atoms with van der Waals surface area (Å²) in [4.78, 5) is 17.6. The first-order chi connectivity index (χ1) is 6.81. The second kappa shape index (κ2) is 3.82. The van der Waals surface area contributed by atoms with Gasteiger partial charge in [-0.25, -0.2) is 9.79 Å². The van der Waals surface area contributed by atoms with Gasteiger partial charge in [-0.3, -0.25) is 0 Å². The Morgan fingerprint density at radius 2 is 2.64 bits per heavy atom. The van der Waals surface area contributed by atoms with Crippen LogP contribution in [0.25, 0.3) is 0 Å². The predicted molar refractivity (Wildman–Crippen MR) is 52.9 cm³/mol. The monoisotopic (exact) mass is 194 g/mol. The van der Waals surface area contributed by atoms with Crippen molar-refractivity contribution in [1.29, 1.82) is 0 Å². The van der Waals surface area contributed by atoms with Crippen LogP contribution in [0.1, 0.15) is 19.8 Å². The van der Waals surface area contributed by atoms with Crippen LogP contribution in [-0.2, 0) is 9.53 Å². The van der Waals surface area contributed by atoms with E-state index < -0.39 is 0 Å². The average molecular weight is 194 g/mol. The molecule has 0 N–H and O–H groups in total. The van der Waals surface area contributed by atoms with Gasteiger partial charge in [0.1, 0.15) is 5.70 Å². The smallest absolute Gasteiger partial charge is 0.356 e. The molecule has 0 aromatic carbocycles. The van der Waals surface area contributed by atoms with Gasteiger partial charge in [0.2, 0.25) is 0 Å². The van der Waals surface area contributed by atoms with E-state index in [0.717, 1.165) is 13.0 Å². The molecule has 14 heavy (non-hydrogen) atoms. The highest BCUT2D eigenvalue weighted by atomic mass is 16.5. The van der Waals surface area contributed by atoms with Gasteiger partial charge >= 0.3 is 5.97 Å². The lowest BCUT2D eigenvalue weighted by atomic mass is 10.2. The van der Waals surface area contributed by atoms with Crippen LogP contribution in [-0.4, -0.2) is 36.4 Å². The predicted octanol–water partition coefficient (Wildman–Crippen LogP) is 0.940. The van der Waals surface area contributed by atoms with E-state index >= 15 is 0 Å². The van der Waals surface area contributed by atoms with E-state index in [1.807, 2.05) is 6.08 Å². The van der Waals surface area contributed by atoms with Gasteiger partial charge in [-0.15, -0.1) is 0 Å². The van der Waals surface area contributed by atoms with Crippen molar-refractivity contribution in [3.05, 3.63) is 11.8 Å². The zero-order chi connectivity index (χ0) is 9.97. The third-order valence-corrected chi connectivity index (χ3v) is 2.52. The highest BCUT2D eigenvalue weighted by Gasteiger charge is 2.25. The van der Waals surface area contributed by atoms with Gasteiger partial charge < -0.3 is 9.64 Å². The number of nitrogens with zero attached hydrogens (tertiary/aromatic N) is 2. The summed E-state index contributed by atoms with van der Waals surface area (Å²) in [6, 6.07) is 0.354. The molecule has 0 amide bonds. The van der Waals surface area contributed by atoms with Crippen molar-refractivity contribution in [3.8, 4) is 0 Å². The summed E-state index contributed by atoms with van der Waals surface area (Å²) < 4.78 is 4.89. The van der Waals surface area contributed by atoms with E-state index in [1.165, 1.54) is 6.42 Å². The minimum absolute atomic E-state index is 0.310. The topological polar surface area (TPSA) is 41.9 Å². The van der Waals surface area contributed by atoms with E-state index in [4.69, 9.17) is 4.74 Å². The van der Waals surface area contributed by atoms with Crippen molar-refractivity contribution in [1.82, 2.24) is 4.90 Å². The molecule has 2 aliphatic rings. The van der Waals surface area contributed by atoms with E-state index in [9.17, 15) is 4.79 Å². The molecule has 0 aromatic heterocycles. The van der Waals surface area contributed by atoms with Crippen LogP contribution in [0.15, 0.2) is 16.8 Å². The number of hydrogen-bond acceptors (Lipinski definition) is 4. The molecule has 1 unspecified atom stereocenters. The normalized spacial score (nSPS) is 24.5. The Balaban J connectivity index is 2.07. The fourth-order valence-electron chi connectivity index (χ4n) is 1.82. The van der Waals surface area contributed by atoms with Crippen molar-refractivity contribution < 1.29 is 9.53 Å². The molecule has 2 rings (SSSR count). The Bertz CT molecular complexity index is 296. The number of esters is 1. The Kier molecular flexibility index (Phi) is 2.52. The molecular formula is C10H14N2O2. The molecule has 0 aliphatic carbocycles. The van der Waals surface area contributed by atoms with Crippen molar-refractivity contribution in [3.63, 3.8) is 0 Å². The summed E-state index contributed by atoms with van der Waals surface area (Å²) in [5, 5.41) is 0. The summed E-state index contributed by atoms with van der Waals surface area (Å²) in [6.45, 7) is 3.24. The van der Waals surface area contributed by atoms with Crippen LogP contribution in [0, 0.1) is 0 Å². The molecule has 0 bridgehead atoms. The molecular weight excluding hydrogens is 180 g/mol. The van der Waals surface area contributed by atoms with Gasteiger partial charge in [-0.1, -0.05) is 0 Å². The second-order valence-corrected chi connectivity index (χ2v) is 3.46. The number of hydrogen-bond donors (Lipinski definition) is 0. The average Bonchev–Trinajstić information content (AvgIpc) is 2.64. The van der Waals surface area contributed by atoms with Crippen molar-refractivity contribution in [2.75, 3.05) is 13.2 Å². The lowest BCUT2D eigenvalue weighted by molar-refractivity contribution is -0.138. The fourth-order valence-corrected chi connectivity index (χ4v) is 1.82. The third-order valence-electron chi connectivity index (χ3n) is 2.52. The van der Waals surface area contributed by atoms with Crippen LogP contribution in [0.2, 0.25) is 0 Å². The van der Waals surface area contributed by atoms with Gasteiger partial charge in [0.15, 0.2) is 0 Å². The fraction of sp³-hybridized carbons (Fsp3) is 0.600. The maximum absolute atomic E-state index is 11.4. The van der Waals surface area contributed by atoms with E-state index in [1.54, 1.807) is 13.3 Å². The molecule has 0 radical (unpaired) electrons. The molecule has 1 atom stereocenters. The summed E-state index contributed by atoms with van der Waals surface area (Å²) in [7, 11) is 0. The third kappa shape index (κ3) is 1.64. The number of rotatable bonds is 2. The molecule has 4 heteroatoms. The number of carbonyl (C=O) groups excluding carboxylic acids is 1. The first kappa shape index (κ1) is 9.24. The van der Waals surface area contributed by atoms with E-state index in [0.29, 0.717) is 18.3 Å². The van der Waals surface area contributed by atoms with Gasteiger partial charge in [-0.05, 0) is 25.8 Å². The molecule has 0 saturated carbocycles. The van der Waals surface area contributed by atoms with Crippen LogP contribution >= 0.6 is 0 Å². The zero-order valence-corrected chi connectivity index (χ0v) is 8.27. The van der Waals surface area contributed by atoms with Crippen LogP contribution in [0.5, 0.6) is 0 Å². The summed E-state index contributed by atoms with van der Waals surface area (Å²) in [5.74, 6) is -0.310. The van der Waals surface area contributed by atoms with Crippen molar-refractivity contribution in [2.45, 2.75) is 25.8 Å². The van der Waals surface area contributed by atoms with Crippen LogP contribution in [0.3, 0.4) is 0 Å². The van der Waals surface area contributed by atoms with Gasteiger partial charge in [-0.2, -0.15) is 0 Å². The first-order valence-electron chi connectivity index (χ1n) is 5.00. The lowest BCUT2D eigenvalue weighted by Crippen LogP contribution is -2.30. The summed E-state index contributed by atoms with van der Waals surface area (Å²) in [6.07, 6.45) is 5.94. The molecule has 0 aromatic rings. The van der Waals surface area contributed by atoms with Crippen molar-refractivity contribution in [2.24, 2.45) is 4.99 Å². The first-order valence-corrected chi connectivity index (χ1v) is 5.00.